The number of hydrogen-bond acceptors (Lipinski definition) is 8. The maximum Gasteiger partial charge on any atom is 0.272 e. The average molecular weight is 621 g/mol. The Morgan fingerprint density at radius 3 is 2.58 bits per heavy atom. The molecule has 4 N–H and O–H groups in total. The number of benzene rings is 1. The fourth-order valence-corrected chi connectivity index (χ4v) is 6.34. The van der Waals surface area contributed by atoms with Crippen LogP contribution in [0.25, 0.3) is 0 Å². The average Bonchev–Trinajstić information content (AvgIpc) is 3.55. The highest BCUT2D eigenvalue weighted by Crippen LogP contribution is 2.36. The molecule has 0 unspecified atom stereocenters. The second-order valence-electron chi connectivity index (χ2n) is 12.1. The Morgan fingerprint density at radius 2 is 1.84 bits per heavy atom. The van der Waals surface area contributed by atoms with Crippen molar-refractivity contribution in [2.45, 2.75) is 57.2 Å². The predicted molar refractivity (Wildman–Crippen MR) is 162 cm³/mol. The van der Waals surface area contributed by atoms with Gasteiger partial charge in [0, 0.05) is 32.4 Å². The molecule has 3 aliphatic heterocycles. The van der Waals surface area contributed by atoms with Crippen molar-refractivity contribution in [2.24, 2.45) is 5.41 Å². The van der Waals surface area contributed by atoms with E-state index in [-0.39, 0.29) is 19.1 Å². The number of hydrogen-bond donors (Lipinski definition) is 4. The van der Waals surface area contributed by atoms with E-state index in [2.05, 4.69) is 20.9 Å². The van der Waals surface area contributed by atoms with Crippen molar-refractivity contribution in [3.05, 3.63) is 59.9 Å². The summed E-state index contributed by atoms with van der Waals surface area (Å²) >= 11 is 0. The van der Waals surface area contributed by atoms with E-state index < -0.39 is 53.8 Å². The van der Waals surface area contributed by atoms with Crippen LogP contribution < -0.4 is 20.7 Å². The quantitative estimate of drug-likeness (QED) is 0.364. The van der Waals surface area contributed by atoms with E-state index in [1.807, 2.05) is 18.2 Å². The zero-order valence-corrected chi connectivity index (χ0v) is 25.4. The second kappa shape index (κ2) is 14.1. The van der Waals surface area contributed by atoms with Crippen molar-refractivity contribution in [1.29, 1.82) is 0 Å². The zero-order chi connectivity index (χ0) is 32.0. The highest BCUT2D eigenvalue weighted by Gasteiger charge is 2.40. The summed E-state index contributed by atoms with van der Waals surface area (Å²) < 4.78 is 5.77. The molecule has 3 atom stereocenters. The van der Waals surface area contributed by atoms with E-state index in [1.54, 1.807) is 42.3 Å². The number of aliphatic hydroxyl groups excluding tert-OH is 1. The number of pyridine rings is 1. The van der Waals surface area contributed by atoms with Gasteiger partial charge in [-0.1, -0.05) is 18.2 Å². The third-order valence-electron chi connectivity index (χ3n) is 8.88. The first-order valence-electron chi connectivity index (χ1n) is 15.4. The summed E-state index contributed by atoms with van der Waals surface area (Å²) in [6.45, 7) is 2.10. The maximum atomic E-state index is 13.3. The zero-order valence-electron chi connectivity index (χ0n) is 25.4. The van der Waals surface area contributed by atoms with Crippen molar-refractivity contribution in [3.8, 4) is 5.75 Å². The molecule has 5 amide bonds. The first-order chi connectivity index (χ1) is 21.7. The fraction of sp³-hybridized carbons (Fsp3) is 0.500. The number of rotatable bonds is 2. The van der Waals surface area contributed by atoms with E-state index in [0.717, 1.165) is 5.56 Å². The smallest absolute Gasteiger partial charge is 0.272 e. The lowest BCUT2D eigenvalue weighted by atomic mass is 9.73. The van der Waals surface area contributed by atoms with Gasteiger partial charge >= 0.3 is 0 Å². The molecule has 2 aromatic rings. The van der Waals surface area contributed by atoms with Crippen LogP contribution in [-0.2, 0) is 25.6 Å². The number of carbonyl (C=O) groups excluding carboxylic acids is 5. The number of fused-ring (bicyclic) bond motifs is 3. The second-order valence-corrected chi connectivity index (χ2v) is 12.1. The molecule has 4 heterocycles. The van der Waals surface area contributed by atoms with E-state index >= 15 is 0 Å². The Kier molecular flexibility index (Phi) is 9.96. The molecule has 1 aromatic carbocycles. The van der Waals surface area contributed by atoms with Gasteiger partial charge in [-0.25, -0.2) is 0 Å². The molecule has 3 aliphatic rings. The van der Waals surface area contributed by atoms with Gasteiger partial charge in [0.15, 0.2) is 6.61 Å². The van der Waals surface area contributed by atoms with Gasteiger partial charge in [-0.15, -0.1) is 0 Å². The minimum Gasteiger partial charge on any atom is -0.484 e. The third kappa shape index (κ3) is 7.59. The van der Waals surface area contributed by atoms with E-state index in [4.69, 9.17) is 4.74 Å². The van der Waals surface area contributed by atoms with Crippen molar-refractivity contribution >= 4 is 29.5 Å². The van der Waals surface area contributed by atoms with Crippen LogP contribution in [0.3, 0.4) is 0 Å². The molecule has 45 heavy (non-hydrogen) atoms. The number of likely N-dealkylation sites (tertiary alicyclic amines) is 1. The lowest BCUT2D eigenvalue weighted by Gasteiger charge is -2.42. The van der Waals surface area contributed by atoms with Gasteiger partial charge in [0.2, 0.25) is 17.7 Å². The number of aliphatic hydroxyl groups is 1. The highest BCUT2D eigenvalue weighted by atomic mass is 16.5. The number of piperidine rings is 1. The Morgan fingerprint density at radius 1 is 1.04 bits per heavy atom. The van der Waals surface area contributed by atoms with Crippen molar-refractivity contribution < 1.29 is 33.8 Å². The Labute approximate surface area is 261 Å². The SMILES string of the molecule is C[C@@H]1NC(=O)COc2cccc(c2)CC2(CCN(C(=O)c3ccccn3)CC2)CNC(=O)[C@H](CO)NC(=O)[C@@H]2CCCN2C1=O. The summed E-state index contributed by atoms with van der Waals surface area (Å²) in [4.78, 5) is 72.9. The van der Waals surface area contributed by atoms with Gasteiger partial charge in [-0.05, 0) is 74.3 Å². The van der Waals surface area contributed by atoms with Crippen LogP contribution >= 0.6 is 0 Å². The Balaban J connectivity index is 1.38. The summed E-state index contributed by atoms with van der Waals surface area (Å²) in [5, 5.41) is 18.3. The number of ether oxygens (including phenoxy) is 1. The van der Waals surface area contributed by atoms with Crippen molar-refractivity contribution in [1.82, 2.24) is 30.7 Å². The first-order valence-corrected chi connectivity index (χ1v) is 15.4. The molecule has 13 heteroatoms. The summed E-state index contributed by atoms with van der Waals surface area (Å²) in [5.74, 6) is -1.64. The molecule has 0 aliphatic carbocycles. The van der Waals surface area contributed by atoms with Crippen LogP contribution in [0.4, 0.5) is 0 Å². The standard InChI is InChI=1S/C32H40N6O7/c1-21-30(43)38-13-5-9-26(38)29(42)36-25(18-39)28(41)34-20-32(17-22-6-4-7-23(16-22)45-19-27(40)35-21)10-14-37(15-11-32)31(44)24-8-2-3-12-33-24/h2-4,6-8,12,16,21,25-26,39H,5,9-11,13-15,17-20H2,1H3,(H,34,41)(H,35,40)(H,36,42)/t21-,25-,26-/m0/s1. The van der Waals surface area contributed by atoms with E-state index in [1.165, 1.54) is 4.90 Å². The van der Waals surface area contributed by atoms with Gasteiger partial charge in [-0.3, -0.25) is 29.0 Å². The van der Waals surface area contributed by atoms with Gasteiger partial charge < -0.3 is 35.6 Å². The topological polar surface area (TPSA) is 170 Å². The van der Waals surface area contributed by atoms with Crippen molar-refractivity contribution in [3.63, 3.8) is 0 Å². The third-order valence-corrected chi connectivity index (χ3v) is 8.88. The summed E-state index contributed by atoms with van der Waals surface area (Å²) in [7, 11) is 0. The molecule has 5 rings (SSSR count). The molecule has 0 saturated carbocycles. The minimum absolute atomic E-state index is 0.156. The van der Waals surface area contributed by atoms with Gasteiger partial charge in [-0.2, -0.15) is 0 Å². The van der Waals surface area contributed by atoms with Crippen LogP contribution in [0.15, 0.2) is 48.7 Å². The molecule has 2 bridgehead atoms. The highest BCUT2D eigenvalue weighted by molar-refractivity contribution is 5.95. The number of nitrogens with zero attached hydrogens (tertiary/aromatic N) is 3. The van der Waals surface area contributed by atoms with Gasteiger partial charge in [0.25, 0.3) is 11.8 Å². The minimum atomic E-state index is -1.21. The number of amides is 5. The molecule has 240 valence electrons. The predicted octanol–water partition coefficient (Wildman–Crippen LogP) is 0.0281. The van der Waals surface area contributed by atoms with Crippen LogP contribution in [0.1, 0.15) is 48.7 Å². The van der Waals surface area contributed by atoms with Crippen LogP contribution in [0.5, 0.6) is 5.75 Å². The molecule has 1 spiro atoms. The summed E-state index contributed by atoms with van der Waals surface area (Å²) in [6, 6.07) is 9.63. The fourth-order valence-electron chi connectivity index (χ4n) is 6.34. The lowest BCUT2D eigenvalue weighted by Crippen LogP contribution is -2.57. The monoisotopic (exact) mass is 620 g/mol. The normalized spacial score (nSPS) is 24.7. The molecule has 0 radical (unpaired) electrons. The molecule has 1 aromatic heterocycles. The first kappa shape index (κ1) is 31.9. The number of aromatic nitrogens is 1. The Bertz CT molecular complexity index is 1410. The summed E-state index contributed by atoms with van der Waals surface area (Å²) in [5.41, 5.74) is 0.833. The van der Waals surface area contributed by atoms with Gasteiger partial charge in [0.05, 0.1) is 6.61 Å². The van der Waals surface area contributed by atoms with Gasteiger partial charge in [0.1, 0.15) is 29.6 Å². The Hall–Kier alpha value is -4.52. The number of carbonyl (C=O) groups is 5. The van der Waals surface area contributed by atoms with Crippen LogP contribution in [0.2, 0.25) is 0 Å². The molecule has 2 fully saturated rings. The molecular formula is C32H40N6O7. The number of nitrogens with one attached hydrogen (secondary N) is 3. The maximum absolute atomic E-state index is 13.3. The lowest BCUT2D eigenvalue weighted by molar-refractivity contribution is -0.142. The van der Waals surface area contributed by atoms with Crippen molar-refractivity contribution in [2.75, 3.05) is 39.4 Å². The largest absolute Gasteiger partial charge is 0.484 e. The molecule has 13 nitrogen and oxygen atoms in total. The van der Waals surface area contributed by atoms with Crippen LogP contribution in [-0.4, -0.2) is 107 Å². The van der Waals surface area contributed by atoms with E-state index in [9.17, 15) is 29.1 Å². The summed E-state index contributed by atoms with van der Waals surface area (Å²) in [6.07, 6.45) is 4.26. The van der Waals surface area contributed by atoms with Crippen LogP contribution in [0, 0.1) is 5.41 Å². The molecule has 2 saturated heterocycles. The molecular weight excluding hydrogens is 580 g/mol. The van der Waals surface area contributed by atoms with E-state index in [0.29, 0.717) is 63.2 Å².